The highest BCUT2D eigenvalue weighted by atomic mass is 35.5. The van der Waals surface area contributed by atoms with Crippen LogP contribution in [0.25, 0.3) is 10.8 Å². The SMILES string of the molecule is Cc1ccc2ccccc2c1C(N)c1cccc(Cl)c1F. The molecule has 106 valence electrons. The van der Waals surface area contributed by atoms with Crippen molar-refractivity contribution >= 4 is 22.4 Å². The van der Waals surface area contributed by atoms with Crippen LogP contribution in [-0.4, -0.2) is 0 Å². The molecule has 0 aliphatic carbocycles. The molecule has 1 unspecified atom stereocenters. The maximum Gasteiger partial charge on any atom is 0.146 e. The Bertz CT molecular complexity index is 813. The number of fused-ring (bicyclic) bond motifs is 1. The number of hydrogen-bond acceptors (Lipinski definition) is 1. The van der Waals surface area contributed by atoms with Crippen molar-refractivity contribution in [2.24, 2.45) is 5.73 Å². The molecule has 3 aromatic rings. The minimum atomic E-state index is -0.546. The first-order valence-corrected chi connectivity index (χ1v) is 7.15. The zero-order valence-electron chi connectivity index (χ0n) is 11.6. The smallest absolute Gasteiger partial charge is 0.146 e. The van der Waals surface area contributed by atoms with Crippen molar-refractivity contribution < 1.29 is 4.39 Å². The van der Waals surface area contributed by atoms with Gasteiger partial charge in [0.25, 0.3) is 0 Å². The zero-order valence-corrected chi connectivity index (χ0v) is 12.4. The molecule has 0 aromatic heterocycles. The average molecular weight is 300 g/mol. The third-order valence-electron chi connectivity index (χ3n) is 3.82. The molecule has 1 nitrogen and oxygen atoms in total. The Kier molecular flexibility index (Phi) is 3.66. The molecule has 0 saturated heterocycles. The molecule has 0 radical (unpaired) electrons. The average Bonchev–Trinajstić information content (AvgIpc) is 2.49. The monoisotopic (exact) mass is 299 g/mol. The van der Waals surface area contributed by atoms with Crippen molar-refractivity contribution in [2.75, 3.05) is 0 Å². The number of halogens is 2. The van der Waals surface area contributed by atoms with Gasteiger partial charge in [-0.25, -0.2) is 4.39 Å². The highest BCUT2D eigenvalue weighted by Gasteiger charge is 2.19. The number of aryl methyl sites for hydroxylation is 1. The van der Waals surface area contributed by atoms with Crippen LogP contribution in [0.2, 0.25) is 5.02 Å². The van der Waals surface area contributed by atoms with Crippen LogP contribution in [-0.2, 0) is 0 Å². The van der Waals surface area contributed by atoms with Gasteiger partial charge in [-0.3, -0.25) is 0 Å². The maximum atomic E-state index is 14.3. The van der Waals surface area contributed by atoms with Crippen LogP contribution in [0, 0.1) is 12.7 Å². The van der Waals surface area contributed by atoms with Crippen LogP contribution in [0.15, 0.2) is 54.6 Å². The fourth-order valence-electron chi connectivity index (χ4n) is 2.73. The van der Waals surface area contributed by atoms with Crippen molar-refractivity contribution in [2.45, 2.75) is 13.0 Å². The van der Waals surface area contributed by atoms with Crippen molar-refractivity contribution in [3.8, 4) is 0 Å². The lowest BCUT2D eigenvalue weighted by molar-refractivity contribution is 0.600. The van der Waals surface area contributed by atoms with Crippen molar-refractivity contribution in [3.05, 3.63) is 82.1 Å². The molecule has 0 bridgehead atoms. The highest BCUT2D eigenvalue weighted by molar-refractivity contribution is 6.30. The number of nitrogens with two attached hydrogens (primary N) is 1. The Morgan fingerprint density at radius 3 is 2.57 bits per heavy atom. The van der Waals surface area contributed by atoms with Gasteiger partial charge in [0.2, 0.25) is 0 Å². The Hall–Kier alpha value is -1.90. The Morgan fingerprint density at radius 2 is 1.76 bits per heavy atom. The summed E-state index contributed by atoms with van der Waals surface area (Å²) in [7, 11) is 0. The summed E-state index contributed by atoms with van der Waals surface area (Å²) in [5, 5.41) is 2.24. The minimum absolute atomic E-state index is 0.0980. The minimum Gasteiger partial charge on any atom is -0.320 e. The Labute approximate surface area is 128 Å². The molecule has 0 spiro atoms. The van der Waals surface area contributed by atoms with Crippen LogP contribution in [0.3, 0.4) is 0 Å². The second kappa shape index (κ2) is 5.47. The first-order valence-electron chi connectivity index (χ1n) is 6.77. The molecule has 0 heterocycles. The first kappa shape index (κ1) is 14.1. The molecule has 0 aliphatic heterocycles. The zero-order chi connectivity index (χ0) is 15.0. The highest BCUT2D eigenvalue weighted by Crippen LogP contribution is 2.32. The van der Waals surface area contributed by atoms with Crippen LogP contribution < -0.4 is 5.73 Å². The van der Waals surface area contributed by atoms with Gasteiger partial charge in [0, 0.05) is 5.56 Å². The van der Waals surface area contributed by atoms with Crippen LogP contribution >= 0.6 is 11.6 Å². The Balaban J connectivity index is 2.24. The van der Waals surface area contributed by atoms with Gasteiger partial charge < -0.3 is 5.73 Å². The molecule has 3 rings (SSSR count). The molecule has 0 amide bonds. The topological polar surface area (TPSA) is 26.0 Å². The van der Waals surface area contributed by atoms with Gasteiger partial charge in [-0.1, -0.05) is 60.1 Å². The van der Waals surface area contributed by atoms with E-state index < -0.39 is 11.9 Å². The third kappa shape index (κ3) is 2.41. The summed E-state index contributed by atoms with van der Waals surface area (Å²) in [4.78, 5) is 0. The predicted octanol–water partition coefficient (Wildman–Crippen LogP) is 4.99. The summed E-state index contributed by atoms with van der Waals surface area (Å²) in [6.45, 7) is 1.99. The van der Waals surface area contributed by atoms with Crippen LogP contribution in [0.1, 0.15) is 22.7 Å². The number of hydrogen-bond donors (Lipinski definition) is 1. The van der Waals surface area contributed by atoms with E-state index >= 15 is 0 Å². The number of benzene rings is 3. The van der Waals surface area contributed by atoms with Crippen molar-refractivity contribution in [1.29, 1.82) is 0 Å². The summed E-state index contributed by atoms with van der Waals surface area (Å²) < 4.78 is 14.3. The van der Waals surface area contributed by atoms with E-state index in [4.69, 9.17) is 17.3 Å². The summed E-state index contributed by atoms with van der Waals surface area (Å²) in [6.07, 6.45) is 0. The lowest BCUT2D eigenvalue weighted by Crippen LogP contribution is -2.15. The molecule has 0 saturated carbocycles. The largest absolute Gasteiger partial charge is 0.320 e. The first-order chi connectivity index (χ1) is 10.1. The standard InChI is InChI=1S/C18H15ClFN/c1-11-9-10-12-5-2-3-6-13(12)16(11)18(21)14-7-4-8-15(19)17(14)20/h2-10,18H,21H2,1H3. The van der Waals surface area contributed by atoms with Gasteiger partial charge >= 0.3 is 0 Å². The quantitative estimate of drug-likeness (QED) is 0.709. The summed E-state index contributed by atoms with van der Waals surface area (Å²) >= 11 is 5.87. The second-order valence-corrected chi connectivity index (χ2v) is 5.55. The van der Waals surface area contributed by atoms with Crippen molar-refractivity contribution in [3.63, 3.8) is 0 Å². The molecule has 2 N–H and O–H groups in total. The van der Waals surface area contributed by atoms with Gasteiger partial charge in [-0.05, 0) is 34.9 Å². The van der Waals surface area contributed by atoms with Crippen LogP contribution in [0.5, 0.6) is 0 Å². The molecule has 0 aliphatic rings. The van der Waals surface area contributed by atoms with Crippen LogP contribution in [0.4, 0.5) is 4.39 Å². The molecule has 21 heavy (non-hydrogen) atoms. The summed E-state index contributed by atoms with van der Waals surface area (Å²) in [5.41, 5.74) is 8.75. The van der Waals surface area contributed by atoms with E-state index in [1.54, 1.807) is 12.1 Å². The molecule has 1 atom stereocenters. The fraction of sp³-hybridized carbons (Fsp3) is 0.111. The van der Waals surface area contributed by atoms with E-state index in [0.29, 0.717) is 5.56 Å². The Morgan fingerprint density at radius 1 is 1.00 bits per heavy atom. The van der Waals surface area contributed by atoms with Gasteiger partial charge in [-0.15, -0.1) is 0 Å². The number of rotatable bonds is 2. The fourth-order valence-corrected chi connectivity index (χ4v) is 2.92. The second-order valence-electron chi connectivity index (χ2n) is 5.14. The summed E-state index contributed by atoms with van der Waals surface area (Å²) in [5.74, 6) is -0.445. The third-order valence-corrected chi connectivity index (χ3v) is 4.11. The van der Waals surface area contributed by atoms with Gasteiger partial charge in [-0.2, -0.15) is 0 Å². The van der Waals surface area contributed by atoms with E-state index in [2.05, 4.69) is 6.07 Å². The molecule has 3 heteroatoms. The van der Waals surface area contributed by atoms with E-state index in [1.165, 1.54) is 6.07 Å². The normalized spacial score (nSPS) is 12.6. The van der Waals surface area contributed by atoms with E-state index in [9.17, 15) is 4.39 Å². The van der Waals surface area contributed by atoms with Crippen molar-refractivity contribution in [1.82, 2.24) is 0 Å². The van der Waals surface area contributed by atoms with E-state index in [0.717, 1.165) is 21.9 Å². The molecular formula is C18H15ClFN. The van der Waals surface area contributed by atoms with Gasteiger partial charge in [0.1, 0.15) is 5.82 Å². The maximum absolute atomic E-state index is 14.3. The molecular weight excluding hydrogens is 285 g/mol. The van der Waals surface area contributed by atoms with E-state index in [1.807, 2.05) is 37.3 Å². The van der Waals surface area contributed by atoms with Gasteiger partial charge in [0.15, 0.2) is 0 Å². The van der Waals surface area contributed by atoms with Gasteiger partial charge in [0.05, 0.1) is 11.1 Å². The molecule has 3 aromatic carbocycles. The summed E-state index contributed by atoms with van der Waals surface area (Å²) in [6, 6.07) is 16.4. The van der Waals surface area contributed by atoms with E-state index in [-0.39, 0.29) is 5.02 Å². The lowest BCUT2D eigenvalue weighted by Gasteiger charge is -2.19. The molecule has 0 fully saturated rings. The lowest BCUT2D eigenvalue weighted by atomic mass is 9.90. The predicted molar refractivity (Wildman–Crippen MR) is 86.1 cm³/mol.